The lowest BCUT2D eigenvalue weighted by Crippen LogP contribution is -2.69. The van der Waals surface area contributed by atoms with Crippen LogP contribution in [-0.4, -0.2) is 68.5 Å². The van der Waals surface area contributed by atoms with Gasteiger partial charge in [-0.3, -0.25) is 9.59 Å². The number of carboxylic acid groups (broad SMARTS) is 1. The molecule has 1 saturated heterocycles. The van der Waals surface area contributed by atoms with Crippen LogP contribution in [-0.2, 0) is 14.3 Å². The highest BCUT2D eigenvalue weighted by atomic mass is 16.5. The highest BCUT2D eigenvalue weighted by Gasteiger charge is 2.72. The number of allylic oxidation sites excluding steroid dienone is 1. The van der Waals surface area contributed by atoms with Crippen molar-refractivity contribution >= 4 is 11.8 Å². The smallest absolute Gasteiger partial charge is 0.307 e. The highest BCUT2D eigenvalue weighted by Crippen LogP contribution is 2.75. The number of aromatic nitrogens is 4. The summed E-state index contributed by atoms with van der Waals surface area (Å²) in [6, 6.07) is -0.275. The molecule has 10 nitrogen and oxygen atoms in total. The van der Waals surface area contributed by atoms with Crippen LogP contribution in [0.25, 0.3) is 0 Å². The lowest BCUT2D eigenvalue weighted by atomic mass is 9.34. The maximum absolute atomic E-state index is 13.5. The Hall–Kier alpha value is -2.17. The molecule has 2 heterocycles. The number of tetrazole rings is 1. The van der Waals surface area contributed by atoms with E-state index >= 15 is 0 Å². The van der Waals surface area contributed by atoms with Crippen LogP contribution in [0.4, 0.5) is 0 Å². The summed E-state index contributed by atoms with van der Waals surface area (Å²) in [6.45, 7) is 25.7. The van der Waals surface area contributed by atoms with Gasteiger partial charge in [-0.15, -0.1) is 10.2 Å². The third-order valence-corrected chi connectivity index (χ3v) is 16.3. The van der Waals surface area contributed by atoms with Gasteiger partial charge >= 0.3 is 5.97 Å². The molecule has 4 fully saturated rings. The van der Waals surface area contributed by atoms with E-state index in [9.17, 15) is 14.7 Å². The Labute approximate surface area is 300 Å². The van der Waals surface area contributed by atoms with Crippen molar-refractivity contribution in [3.63, 3.8) is 0 Å². The van der Waals surface area contributed by atoms with Crippen LogP contribution < -0.4 is 5.73 Å². The van der Waals surface area contributed by atoms with Crippen molar-refractivity contribution in [2.24, 2.45) is 68.3 Å². The van der Waals surface area contributed by atoms with Crippen molar-refractivity contribution in [3.8, 4) is 0 Å². The highest BCUT2D eigenvalue weighted by molar-refractivity contribution is 5.91. The van der Waals surface area contributed by atoms with E-state index in [1.807, 2.05) is 13.8 Å². The monoisotopic (exact) mass is 695 g/mol. The van der Waals surface area contributed by atoms with E-state index in [1.165, 1.54) is 5.57 Å². The second-order valence-electron chi connectivity index (χ2n) is 19.2. The zero-order chi connectivity index (χ0) is 36.8. The summed E-state index contributed by atoms with van der Waals surface area (Å²) in [5, 5.41) is 24.5. The number of hydrogen-bond donors (Lipinski definition) is 2. The van der Waals surface area contributed by atoms with Gasteiger partial charge in [-0.2, -0.15) is 4.80 Å². The van der Waals surface area contributed by atoms with Gasteiger partial charge in [0.25, 0.3) is 0 Å². The molecule has 5 aliphatic rings. The summed E-state index contributed by atoms with van der Waals surface area (Å²) < 4.78 is 13.6. The zero-order valence-corrected chi connectivity index (χ0v) is 32.7. The Kier molecular flexibility index (Phi) is 9.37. The van der Waals surface area contributed by atoms with Crippen molar-refractivity contribution in [2.75, 3.05) is 19.8 Å². The Morgan fingerprint density at radius 1 is 1.10 bits per heavy atom. The molecule has 0 spiro atoms. The van der Waals surface area contributed by atoms with Crippen molar-refractivity contribution in [1.82, 2.24) is 20.2 Å². The maximum Gasteiger partial charge on any atom is 0.307 e. The van der Waals surface area contributed by atoms with Gasteiger partial charge in [-0.25, -0.2) is 0 Å². The molecule has 0 amide bonds. The average molecular weight is 696 g/mol. The number of Topliss-reactive ketones (excluding diaryl/α,β-unsaturated/α-hetero) is 1. The molecular weight excluding hydrogens is 630 g/mol. The van der Waals surface area contributed by atoms with E-state index in [-0.39, 0.29) is 57.2 Å². The van der Waals surface area contributed by atoms with Gasteiger partial charge in [0, 0.05) is 22.8 Å². The predicted octanol–water partition coefficient (Wildman–Crippen LogP) is 7.15. The maximum atomic E-state index is 13.5. The number of ether oxygens (including phenoxy) is 2. The average Bonchev–Trinajstić information content (AvgIpc) is 3.54. The molecule has 0 aromatic carbocycles. The molecule has 4 aliphatic carbocycles. The fourth-order valence-electron chi connectivity index (χ4n) is 12.2. The van der Waals surface area contributed by atoms with Crippen LogP contribution in [0.2, 0.25) is 0 Å². The number of carboxylic acids is 1. The number of carbonyl (C=O) groups excluding carboxylic acids is 1. The Morgan fingerprint density at radius 3 is 2.42 bits per heavy atom. The normalized spacial score (nSPS) is 42.9. The largest absolute Gasteiger partial charge is 0.481 e. The van der Waals surface area contributed by atoms with E-state index in [0.717, 1.165) is 32.1 Å². The summed E-state index contributed by atoms with van der Waals surface area (Å²) in [5.41, 5.74) is 6.18. The van der Waals surface area contributed by atoms with Crippen LogP contribution in [0.5, 0.6) is 0 Å². The fraction of sp³-hybridized carbons (Fsp3) is 0.875. The number of aliphatic carboxylic acids is 1. The van der Waals surface area contributed by atoms with Crippen molar-refractivity contribution in [1.29, 1.82) is 0 Å². The predicted molar refractivity (Wildman–Crippen MR) is 192 cm³/mol. The number of nitrogens with zero attached hydrogens (tertiary/aromatic N) is 4. The SMILES string of the molecule is CCC(=O)c1nnn([C@@H]2C[C@@]34COC[C@@](C)([C@@H]3CC[C@H]3C4=CC[C@@]4(C)C(C(=O)O)[C@@](C)([C@H](C)C(C)C)CC[C@]34C)[C@H]2OC[C@](C)(N)C(C)C)n1. The van der Waals surface area contributed by atoms with E-state index < -0.39 is 22.8 Å². The van der Waals surface area contributed by atoms with Gasteiger partial charge in [-0.05, 0) is 96.5 Å². The van der Waals surface area contributed by atoms with Gasteiger partial charge in [0.2, 0.25) is 11.6 Å². The first kappa shape index (κ1) is 37.6. The minimum atomic E-state index is -0.647. The van der Waals surface area contributed by atoms with E-state index in [2.05, 4.69) is 78.7 Å². The van der Waals surface area contributed by atoms with Crippen molar-refractivity contribution < 1.29 is 24.2 Å². The summed E-state index contributed by atoms with van der Waals surface area (Å²) in [4.78, 5) is 27.8. The second kappa shape index (κ2) is 12.5. The Morgan fingerprint density at radius 2 is 1.80 bits per heavy atom. The summed E-state index contributed by atoms with van der Waals surface area (Å²) in [5.74, 6) is 0.381. The molecule has 50 heavy (non-hydrogen) atoms. The van der Waals surface area contributed by atoms with Crippen LogP contribution in [0.15, 0.2) is 11.6 Å². The standard InChI is InChI=1S/C40H65N5O5/c1-12-29(46)33-42-44-45(43-33)28-19-40-22-49-20-36(8,32(28)50-21-39(11,41)24(4)5)30(40)14-13-26-27(40)15-16-38(10)31(34(47)48)35(7,25(6)23(2)3)17-18-37(26,38)9/h15,23-26,28,30-32H,12-14,16-22,41H2,1-11H3,(H,47,48)/t25-,26+,28-,30+,31?,32+,35-,36+,37-,38+,39+,40+/m1/s1. The quantitative estimate of drug-likeness (QED) is 0.193. The van der Waals surface area contributed by atoms with E-state index in [4.69, 9.17) is 20.3 Å². The van der Waals surface area contributed by atoms with Crippen LogP contribution in [0.1, 0.15) is 138 Å². The minimum absolute atomic E-state index is 0.131. The van der Waals surface area contributed by atoms with Crippen LogP contribution >= 0.6 is 0 Å². The first-order chi connectivity index (χ1) is 23.2. The van der Waals surface area contributed by atoms with Gasteiger partial charge in [-0.1, -0.05) is 80.9 Å². The number of nitrogens with two attached hydrogens (primary N) is 1. The summed E-state index contributed by atoms with van der Waals surface area (Å²) in [6.07, 6.45) is 7.88. The molecule has 280 valence electrons. The Bertz CT molecular complexity index is 1520. The molecule has 12 atom stereocenters. The van der Waals surface area contributed by atoms with E-state index in [0.29, 0.717) is 50.4 Å². The second-order valence-corrected chi connectivity index (χ2v) is 19.2. The van der Waals surface area contributed by atoms with Crippen molar-refractivity contribution in [2.45, 2.75) is 139 Å². The molecule has 10 heteroatoms. The van der Waals surface area contributed by atoms with Gasteiger partial charge < -0.3 is 20.3 Å². The Balaban J connectivity index is 1.46. The molecule has 1 aliphatic heterocycles. The molecule has 3 N–H and O–H groups in total. The summed E-state index contributed by atoms with van der Waals surface area (Å²) in [7, 11) is 0. The first-order valence-electron chi connectivity index (χ1n) is 19.5. The molecule has 6 rings (SSSR count). The first-order valence-corrected chi connectivity index (χ1v) is 19.5. The minimum Gasteiger partial charge on any atom is -0.481 e. The van der Waals surface area contributed by atoms with Crippen LogP contribution in [0.3, 0.4) is 0 Å². The number of ketones is 1. The van der Waals surface area contributed by atoms with Crippen LogP contribution in [0, 0.1) is 62.6 Å². The van der Waals surface area contributed by atoms with Crippen molar-refractivity contribution in [3.05, 3.63) is 17.5 Å². The molecule has 1 aromatic rings. The van der Waals surface area contributed by atoms with Gasteiger partial charge in [0.15, 0.2) is 0 Å². The van der Waals surface area contributed by atoms with E-state index in [1.54, 1.807) is 4.80 Å². The number of rotatable bonds is 10. The molecular formula is C40H65N5O5. The number of carbonyl (C=O) groups is 2. The third-order valence-electron chi connectivity index (χ3n) is 16.3. The zero-order valence-electron chi connectivity index (χ0n) is 32.7. The number of fused-ring (bicyclic) bond motifs is 3. The lowest BCUT2D eigenvalue weighted by Gasteiger charge is -2.71. The molecule has 2 bridgehead atoms. The van der Waals surface area contributed by atoms with Gasteiger partial charge in [0.05, 0.1) is 31.8 Å². The molecule has 1 unspecified atom stereocenters. The summed E-state index contributed by atoms with van der Waals surface area (Å²) >= 11 is 0. The van der Waals surface area contributed by atoms with Gasteiger partial charge in [0.1, 0.15) is 6.04 Å². The third kappa shape index (κ3) is 5.22. The molecule has 3 saturated carbocycles. The number of hydrogen-bond acceptors (Lipinski definition) is 8. The molecule has 1 aromatic heterocycles. The molecule has 0 radical (unpaired) electrons. The fourth-order valence-corrected chi connectivity index (χ4v) is 12.2. The topological polar surface area (TPSA) is 142 Å². The lowest BCUT2D eigenvalue weighted by molar-refractivity contribution is -0.253.